The third kappa shape index (κ3) is 3.62. The number of aromatic nitrogens is 4. The number of methoxy groups -OCH3 is 1. The van der Waals surface area contributed by atoms with Gasteiger partial charge in [0.15, 0.2) is 11.3 Å². The number of nitrogens with two attached hydrogens (primary N) is 1. The van der Waals surface area contributed by atoms with E-state index in [4.69, 9.17) is 15.6 Å². The second-order valence-electron chi connectivity index (χ2n) is 8.08. The molecule has 1 atom stereocenters. The molecule has 5 rings (SSSR count). The van der Waals surface area contributed by atoms with Gasteiger partial charge in [0.2, 0.25) is 12.2 Å². The van der Waals surface area contributed by atoms with E-state index in [9.17, 15) is 4.79 Å². The Bertz CT molecular complexity index is 1460. The highest BCUT2D eigenvalue weighted by Crippen LogP contribution is 2.30. The van der Waals surface area contributed by atoms with E-state index >= 15 is 0 Å². The van der Waals surface area contributed by atoms with Crippen LogP contribution in [0.4, 0.5) is 11.6 Å². The van der Waals surface area contributed by atoms with E-state index in [0.717, 1.165) is 22.3 Å². The monoisotopic (exact) mass is 455 g/mol. The Morgan fingerprint density at radius 1 is 1.35 bits per heavy atom. The van der Waals surface area contributed by atoms with Crippen molar-refractivity contribution in [1.82, 2.24) is 24.4 Å². The van der Waals surface area contributed by atoms with Crippen LogP contribution in [0.25, 0.3) is 11.0 Å². The molecule has 1 aromatic carbocycles. The maximum Gasteiger partial charge on any atom is 0.364 e. The molecule has 34 heavy (non-hydrogen) atoms. The third-order valence-corrected chi connectivity index (χ3v) is 5.93. The van der Waals surface area contributed by atoms with Gasteiger partial charge in [-0.1, -0.05) is 22.3 Å². The lowest BCUT2D eigenvalue weighted by Crippen LogP contribution is -2.37. The van der Waals surface area contributed by atoms with E-state index in [1.54, 1.807) is 23.0 Å². The van der Waals surface area contributed by atoms with Crippen LogP contribution in [0, 0.1) is 11.8 Å². The fraction of sp³-hybridized carbons (Fsp3) is 0.250. The highest BCUT2D eigenvalue weighted by Gasteiger charge is 2.40. The summed E-state index contributed by atoms with van der Waals surface area (Å²) in [5, 5.41) is 4.73. The number of carbonyl (C=O) groups is 1. The molecular weight excluding hydrogens is 432 g/mol. The summed E-state index contributed by atoms with van der Waals surface area (Å²) < 4.78 is 8.99. The van der Waals surface area contributed by atoms with Gasteiger partial charge in [0.1, 0.15) is 11.5 Å². The van der Waals surface area contributed by atoms with Gasteiger partial charge in [-0.15, -0.1) is 0 Å². The maximum atomic E-state index is 12.4. The van der Waals surface area contributed by atoms with E-state index in [1.165, 1.54) is 12.4 Å². The number of nitrogens with zero attached hydrogens (tertiary/aromatic N) is 7. The molecule has 1 fully saturated rings. The molecule has 10 heteroatoms. The van der Waals surface area contributed by atoms with Crippen LogP contribution in [0.2, 0.25) is 0 Å². The quantitative estimate of drug-likeness (QED) is 0.361. The predicted octanol–water partition coefficient (Wildman–Crippen LogP) is 1.23. The summed E-state index contributed by atoms with van der Waals surface area (Å²) in [5.41, 5.74) is 10.9. The summed E-state index contributed by atoms with van der Waals surface area (Å²) in [6.07, 6.45) is 5.06. The number of ether oxygens (including phenoxy) is 1. The van der Waals surface area contributed by atoms with E-state index in [1.807, 2.05) is 29.8 Å². The van der Waals surface area contributed by atoms with Gasteiger partial charge < -0.3 is 19.9 Å². The zero-order valence-electron chi connectivity index (χ0n) is 18.9. The molecule has 2 aliphatic heterocycles. The Balaban J connectivity index is 1.57. The molecule has 10 nitrogen and oxygen atoms in total. The minimum atomic E-state index is -0.159. The molecule has 4 heterocycles. The Labute approximate surface area is 196 Å². The van der Waals surface area contributed by atoms with Crippen molar-refractivity contribution in [2.75, 3.05) is 26.0 Å². The summed E-state index contributed by atoms with van der Waals surface area (Å²) in [7, 11) is 3.55. The summed E-state index contributed by atoms with van der Waals surface area (Å²) in [5.74, 6) is 7.01. The van der Waals surface area contributed by atoms with Crippen molar-refractivity contribution in [3.05, 3.63) is 54.6 Å². The molecule has 1 saturated heterocycles. The van der Waals surface area contributed by atoms with Crippen molar-refractivity contribution in [3.8, 4) is 11.8 Å². The molecule has 2 N–H and O–H groups in total. The molecule has 0 bridgehead atoms. The van der Waals surface area contributed by atoms with Gasteiger partial charge in [0.05, 0.1) is 36.6 Å². The second kappa shape index (κ2) is 8.53. The number of carbonyl (C=O) groups excluding carboxylic acids is 1. The molecule has 170 valence electrons. The summed E-state index contributed by atoms with van der Waals surface area (Å²) in [6.45, 7) is 4.40. The Morgan fingerprint density at radius 3 is 3.00 bits per heavy atom. The predicted molar refractivity (Wildman–Crippen MR) is 128 cm³/mol. The number of nitrogen functional groups attached to an aromatic ring is 1. The zero-order valence-corrected chi connectivity index (χ0v) is 18.9. The fourth-order valence-corrected chi connectivity index (χ4v) is 4.26. The largest absolute Gasteiger partial charge is 0.383 e. The number of fused-ring (bicyclic) bond motifs is 2. The van der Waals surface area contributed by atoms with Crippen LogP contribution in [-0.4, -0.2) is 72.7 Å². The molecular formula is C24H23N8O2+. The van der Waals surface area contributed by atoms with Gasteiger partial charge in [0.25, 0.3) is 0 Å². The van der Waals surface area contributed by atoms with E-state index in [2.05, 4.69) is 33.4 Å². The molecule has 2 aromatic heterocycles. The topological polar surface area (TPSA) is 115 Å². The Kier molecular flexibility index (Phi) is 5.39. The number of hydrogen-bond donors (Lipinski definition) is 1. The average Bonchev–Trinajstić information content (AvgIpc) is 3.53. The second-order valence-corrected chi connectivity index (χ2v) is 8.08. The minimum absolute atomic E-state index is 0.121. The first kappa shape index (κ1) is 21.5. The number of hydrogen-bond acceptors (Lipinski definition) is 7. The highest BCUT2D eigenvalue weighted by molar-refractivity contribution is 6.18. The minimum Gasteiger partial charge on any atom is -0.383 e. The van der Waals surface area contributed by atoms with E-state index in [-0.39, 0.29) is 11.9 Å². The lowest BCUT2D eigenvalue weighted by Gasteiger charge is -2.21. The van der Waals surface area contributed by atoms with Crippen LogP contribution in [-0.2, 0) is 16.6 Å². The first-order chi connectivity index (χ1) is 16.5. The number of rotatable bonds is 3. The molecule has 0 aliphatic carbocycles. The van der Waals surface area contributed by atoms with Crippen molar-refractivity contribution in [2.24, 2.45) is 12.1 Å². The van der Waals surface area contributed by atoms with Crippen molar-refractivity contribution >= 4 is 40.0 Å². The van der Waals surface area contributed by atoms with E-state index in [0.29, 0.717) is 42.5 Å². The smallest absolute Gasteiger partial charge is 0.364 e. The van der Waals surface area contributed by atoms with Crippen molar-refractivity contribution in [1.29, 1.82) is 0 Å². The highest BCUT2D eigenvalue weighted by atomic mass is 16.5. The summed E-state index contributed by atoms with van der Waals surface area (Å²) >= 11 is 0. The molecule has 0 spiro atoms. The van der Waals surface area contributed by atoms with Crippen molar-refractivity contribution < 1.29 is 14.2 Å². The summed E-state index contributed by atoms with van der Waals surface area (Å²) in [4.78, 5) is 27.0. The van der Waals surface area contributed by atoms with Crippen molar-refractivity contribution in [3.63, 3.8) is 0 Å². The van der Waals surface area contributed by atoms with Gasteiger partial charge in [0, 0.05) is 26.1 Å². The van der Waals surface area contributed by atoms with Crippen LogP contribution in [0.3, 0.4) is 0 Å². The van der Waals surface area contributed by atoms with Crippen LogP contribution >= 0.6 is 0 Å². The lowest BCUT2D eigenvalue weighted by molar-refractivity contribution is -0.446. The number of amides is 1. The summed E-state index contributed by atoms with van der Waals surface area (Å²) in [6, 6.07) is 5.71. The maximum absolute atomic E-state index is 12.4. The number of likely N-dealkylation sites (tertiary alicyclic amines) is 1. The van der Waals surface area contributed by atoms with Crippen LogP contribution in [0.15, 0.2) is 48.6 Å². The standard InChI is InChI=1S/C24H23N8O2/c1-4-21(33)31-11-16(10-17(31)12-34-3)32-24-22(23(25)26-13-27-24)19(29-32)8-6-15-5-7-18-20(9-15)30(2)14-28-18/h4-5,7,9,13-14,17H,1,10-12H2,2-3H3,(H2,25,26,27)/q+1/b32-16-/t17-/m1/s1. The number of imidazole rings is 1. The first-order valence-corrected chi connectivity index (χ1v) is 10.7. The van der Waals surface area contributed by atoms with Crippen LogP contribution < -0.4 is 5.73 Å². The van der Waals surface area contributed by atoms with Crippen LogP contribution in [0.1, 0.15) is 17.5 Å². The Hall–Kier alpha value is -4.36. The third-order valence-electron chi connectivity index (χ3n) is 5.93. The molecule has 0 radical (unpaired) electrons. The number of aryl methyl sites for hydroxylation is 1. The van der Waals surface area contributed by atoms with Gasteiger partial charge in [-0.3, -0.25) is 4.79 Å². The normalized spacial score (nSPS) is 19.1. The van der Waals surface area contributed by atoms with Gasteiger partial charge in [-0.25, -0.2) is 4.98 Å². The van der Waals surface area contributed by atoms with Gasteiger partial charge >= 0.3 is 5.82 Å². The number of anilines is 1. The molecule has 0 saturated carbocycles. The first-order valence-electron chi connectivity index (χ1n) is 10.7. The molecule has 3 aromatic rings. The molecule has 2 aliphatic rings. The SMILES string of the molecule is C=CC(=O)N1C/C(=[N+]2\N=C(C#Cc3ccc4ncn(C)c4c3)c3c(N)ncnc32)C[C@@H]1COC. The Morgan fingerprint density at radius 2 is 2.21 bits per heavy atom. The number of benzene rings is 1. The van der Waals surface area contributed by atoms with Gasteiger partial charge in [-0.05, 0) is 35.2 Å². The zero-order chi connectivity index (χ0) is 23.8. The number of hydrazone groups is 1. The fourth-order valence-electron chi connectivity index (χ4n) is 4.26. The molecule has 1 amide bonds. The average molecular weight is 456 g/mol. The van der Waals surface area contributed by atoms with Crippen molar-refractivity contribution in [2.45, 2.75) is 12.5 Å². The van der Waals surface area contributed by atoms with E-state index < -0.39 is 0 Å². The lowest BCUT2D eigenvalue weighted by atomic mass is 10.1. The van der Waals surface area contributed by atoms with Crippen LogP contribution in [0.5, 0.6) is 0 Å². The molecule has 0 unspecified atom stereocenters. The van der Waals surface area contributed by atoms with Gasteiger partial charge in [-0.2, -0.15) is 4.98 Å².